The number of halogens is 6. The van der Waals surface area contributed by atoms with Gasteiger partial charge in [0.25, 0.3) is 5.91 Å². The number of rotatable bonds is 5. The van der Waals surface area contributed by atoms with Crippen molar-refractivity contribution in [2.45, 2.75) is 37.2 Å². The van der Waals surface area contributed by atoms with Crippen molar-refractivity contribution >= 4 is 23.0 Å². The third-order valence-electron chi connectivity index (χ3n) is 7.47. The molecule has 2 bridgehead atoms. The molecule has 0 spiro atoms. The Morgan fingerprint density at radius 1 is 1.05 bits per heavy atom. The number of aromatic amines is 1. The number of aromatic nitrogens is 3. The van der Waals surface area contributed by atoms with Crippen molar-refractivity contribution in [3.05, 3.63) is 58.7 Å². The number of fused-ring (bicyclic) bond motifs is 3. The summed E-state index contributed by atoms with van der Waals surface area (Å²) < 4.78 is 80.2. The molecule has 8 nitrogen and oxygen atoms in total. The second kappa shape index (κ2) is 8.88. The van der Waals surface area contributed by atoms with Gasteiger partial charge in [0, 0.05) is 18.7 Å². The molecule has 1 aliphatic carbocycles. The Balaban J connectivity index is 1.36. The summed E-state index contributed by atoms with van der Waals surface area (Å²) in [4.78, 5) is 25.8. The number of amides is 2. The first kappa shape index (κ1) is 25.8. The van der Waals surface area contributed by atoms with Crippen LogP contribution in [0.15, 0.2) is 36.4 Å². The third-order valence-corrected chi connectivity index (χ3v) is 7.47. The summed E-state index contributed by atoms with van der Waals surface area (Å²) in [5.74, 6) is -0.815. The van der Waals surface area contributed by atoms with Gasteiger partial charge >= 0.3 is 18.4 Å². The molecular formula is C24H21F6N5O3. The summed E-state index contributed by atoms with van der Waals surface area (Å²) >= 11 is 0. The highest BCUT2D eigenvalue weighted by atomic mass is 19.4. The molecule has 2 aromatic carbocycles. The molecule has 2 heterocycles. The van der Waals surface area contributed by atoms with Crippen molar-refractivity contribution in [3.63, 3.8) is 0 Å². The van der Waals surface area contributed by atoms with Crippen molar-refractivity contribution < 1.29 is 41.0 Å². The summed E-state index contributed by atoms with van der Waals surface area (Å²) in [6, 6.07) is 6.12. The molecule has 1 aliphatic heterocycles. The largest absolute Gasteiger partial charge is 0.465 e. The first-order chi connectivity index (χ1) is 17.7. The summed E-state index contributed by atoms with van der Waals surface area (Å²) in [5, 5.41) is 22.7. The Kier molecular flexibility index (Phi) is 6.03. The van der Waals surface area contributed by atoms with Gasteiger partial charge in [-0.1, -0.05) is 5.21 Å². The van der Waals surface area contributed by atoms with Crippen molar-refractivity contribution in [1.29, 1.82) is 0 Å². The fourth-order valence-electron chi connectivity index (χ4n) is 5.82. The molecule has 38 heavy (non-hydrogen) atoms. The SMILES string of the molecule is O=C(NCC1C[C@]2(Cc3cc(C(F)(F)F)cc(C(F)(F)F)c3)C[C@H]1CN2C(=O)O)c1ccc2[nH]nnc2c1. The average molecular weight is 541 g/mol. The zero-order chi connectivity index (χ0) is 27.5. The molecule has 3 aromatic rings. The van der Waals surface area contributed by atoms with Crippen LogP contribution in [0.1, 0.15) is 39.9 Å². The molecule has 3 atom stereocenters. The molecule has 1 unspecified atom stereocenters. The average Bonchev–Trinajstić information content (AvgIpc) is 3.53. The van der Waals surface area contributed by atoms with Gasteiger partial charge in [-0.25, -0.2) is 4.79 Å². The van der Waals surface area contributed by atoms with E-state index >= 15 is 0 Å². The molecule has 14 heteroatoms. The Morgan fingerprint density at radius 3 is 2.37 bits per heavy atom. The number of carbonyl (C=O) groups is 2. The summed E-state index contributed by atoms with van der Waals surface area (Å²) in [6.45, 7) is 0.248. The standard InChI is InChI=1S/C24H21F6N5O3/c25-23(26,27)16-3-12(4-17(6-16)24(28,29)30)7-22-8-14(15(9-22)11-35(22)21(37)38)10-31-20(36)13-1-2-18-19(5-13)33-34-32-18/h1-6,14-15H,7-11H2,(H,31,36)(H,37,38)(H,32,33,34)/t14?,15-,22+/m0/s1. The number of piperidine rings is 1. The lowest BCUT2D eigenvalue weighted by molar-refractivity contribution is -0.143. The number of nitrogens with one attached hydrogen (secondary N) is 2. The van der Waals surface area contributed by atoms with Gasteiger partial charge in [-0.2, -0.15) is 26.3 Å². The second-order valence-corrected chi connectivity index (χ2v) is 9.89. The van der Waals surface area contributed by atoms with E-state index in [9.17, 15) is 41.0 Å². The lowest BCUT2D eigenvalue weighted by Crippen LogP contribution is -2.51. The van der Waals surface area contributed by atoms with E-state index < -0.39 is 41.0 Å². The number of hydrogen-bond acceptors (Lipinski definition) is 4. The maximum absolute atomic E-state index is 13.4. The molecule has 1 saturated heterocycles. The predicted octanol–water partition coefficient (Wildman–Crippen LogP) is 4.73. The van der Waals surface area contributed by atoms with Gasteiger partial charge in [0.05, 0.1) is 22.2 Å². The number of carboxylic acid groups (broad SMARTS) is 1. The first-order valence-corrected chi connectivity index (χ1v) is 11.6. The normalized spacial score (nSPS) is 23.3. The van der Waals surface area contributed by atoms with Crippen molar-refractivity contribution in [1.82, 2.24) is 25.6 Å². The number of hydrogen-bond donors (Lipinski definition) is 3. The molecular weight excluding hydrogens is 520 g/mol. The smallest absolute Gasteiger partial charge is 0.416 e. The molecule has 1 aromatic heterocycles. The van der Waals surface area contributed by atoms with Gasteiger partial charge in [-0.05, 0) is 73.1 Å². The summed E-state index contributed by atoms with van der Waals surface area (Å²) in [7, 11) is 0. The summed E-state index contributed by atoms with van der Waals surface area (Å²) in [5.41, 5.74) is -2.84. The Hall–Kier alpha value is -3.84. The van der Waals surface area contributed by atoms with Crippen LogP contribution in [0.5, 0.6) is 0 Å². The van der Waals surface area contributed by atoms with Crippen molar-refractivity contribution in [3.8, 4) is 0 Å². The van der Waals surface area contributed by atoms with E-state index in [1.807, 2.05) is 0 Å². The van der Waals surface area contributed by atoms with Gasteiger partial charge in [0.1, 0.15) is 5.52 Å². The van der Waals surface area contributed by atoms with E-state index in [-0.39, 0.29) is 55.8 Å². The van der Waals surface area contributed by atoms with E-state index in [4.69, 9.17) is 0 Å². The highest BCUT2D eigenvalue weighted by Crippen LogP contribution is 2.52. The number of benzene rings is 2. The fourth-order valence-corrected chi connectivity index (χ4v) is 5.82. The predicted molar refractivity (Wildman–Crippen MR) is 120 cm³/mol. The van der Waals surface area contributed by atoms with E-state index in [0.717, 1.165) is 4.90 Å². The maximum Gasteiger partial charge on any atom is 0.416 e. The highest BCUT2D eigenvalue weighted by Gasteiger charge is 2.57. The van der Waals surface area contributed by atoms with Crippen LogP contribution in [0.3, 0.4) is 0 Å². The lowest BCUT2D eigenvalue weighted by atomic mass is 9.85. The maximum atomic E-state index is 13.4. The number of alkyl halides is 6. The number of H-pyrrole nitrogens is 1. The zero-order valence-corrected chi connectivity index (χ0v) is 19.5. The van der Waals surface area contributed by atoms with Gasteiger partial charge in [-0.3, -0.25) is 9.89 Å². The van der Waals surface area contributed by atoms with E-state index in [0.29, 0.717) is 28.7 Å². The topological polar surface area (TPSA) is 111 Å². The Morgan fingerprint density at radius 2 is 1.74 bits per heavy atom. The monoisotopic (exact) mass is 541 g/mol. The fraction of sp³-hybridized carbons (Fsp3) is 0.417. The van der Waals surface area contributed by atoms with Crippen LogP contribution in [0, 0.1) is 11.8 Å². The van der Waals surface area contributed by atoms with Crippen LogP contribution in [-0.4, -0.2) is 56.0 Å². The van der Waals surface area contributed by atoms with Gasteiger partial charge in [0.15, 0.2) is 0 Å². The van der Waals surface area contributed by atoms with Gasteiger partial charge in [0.2, 0.25) is 0 Å². The van der Waals surface area contributed by atoms with E-state index in [2.05, 4.69) is 20.7 Å². The Bertz CT molecular complexity index is 1370. The molecule has 0 radical (unpaired) electrons. The number of nitrogens with zero attached hydrogens (tertiary/aromatic N) is 3. The minimum Gasteiger partial charge on any atom is -0.465 e. The Labute approximate surface area is 211 Å². The van der Waals surface area contributed by atoms with Gasteiger partial charge < -0.3 is 15.3 Å². The minimum atomic E-state index is -5.00. The number of likely N-dealkylation sites (tertiary alicyclic amines) is 1. The van der Waals surface area contributed by atoms with Crippen LogP contribution < -0.4 is 5.32 Å². The van der Waals surface area contributed by atoms with E-state index in [1.54, 1.807) is 18.2 Å². The van der Waals surface area contributed by atoms with Gasteiger partial charge in [-0.15, -0.1) is 5.10 Å². The molecule has 2 aliphatic rings. The van der Waals surface area contributed by atoms with Crippen molar-refractivity contribution in [2.24, 2.45) is 11.8 Å². The lowest BCUT2D eigenvalue weighted by Gasteiger charge is -2.40. The number of carbonyl (C=O) groups excluding carboxylic acids is 1. The molecule has 3 N–H and O–H groups in total. The van der Waals surface area contributed by atoms with Crippen molar-refractivity contribution in [2.75, 3.05) is 13.1 Å². The van der Waals surface area contributed by atoms with Crippen LogP contribution >= 0.6 is 0 Å². The van der Waals surface area contributed by atoms with Crippen LogP contribution in [0.4, 0.5) is 31.1 Å². The van der Waals surface area contributed by atoms with E-state index in [1.165, 1.54) is 0 Å². The van der Waals surface area contributed by atoms with Crippen LogP contribution in [0.25, 0.3) is 11.0 Å². The second-order valence-electron chi connectivity index (χ2n) is 9.89. The van der Waals surface area contributed by atoms with Crippen LogP contribution in [-0.2, 0) is 18.8 Å². The summed E-state index contributed by atoms with van der Waals surface area (Å²) in [6.07, 6.45) is -11.2. The molecule has 2 amide bonds. The first-order valence-electron chi connectivity index (χ1n) is 11.6. The third kappa shape index (κ3) is 4.74. The zero-order valence-electron chi connectivity index (χ0n) is 19.5. The minimum absolute atomic E-state index is 0.0525. The van der Waals surface area contributed by atoms with Crippen LogP contribution in [0.2, 0.25) is 0 Å². The molecule has 1 saturated carbocycles. The molecule has 2 fully saturated rings. The molecule has 202 valence electrons. The quantitative estimate of drug-likeness (QED) is 0.405. The highest BCUT2D eigenvalue weighted by molar-refractivity contribution is 5.97. The molecule has 5 rings (SSSR count).